The van der Waals surface area contributed by atoms with Crippen LogP contribution in [0, 0.1) is 0 Å². The molecule has 0 aliphatic rings. The van der Waals surface area contributed by atoms with E-state index in [0.717, 1.165) is 11.4 Å². The minimum absolute atomic E-state index is 0.0470. The van der Waals surface area contributed by atoms with E-state index in [1.54, 1.807) is 18.2 Å². The molecule has 0 aliphatic heterocycles. The Morgan fingerprint density at radius 1 is 1.38 bits per heavy atom. The lowest BCUT2D eigenvalue weighted by molar-refractivity contribution is -0.143. The largest absolute Gasteiger partial charge is 0.367 e. The van der Waals surface area contributed by atoms with E-state index in [2.05, 4.69) is 4.98 Å². The number of hydrogen-bond donors (Lipinski definition) is 0. The summed E-state index contributed by atoms with van der Waals surface area (Å²) in [6.07, 6.45) is 3.03. The Bertz CT molecular complexity index is 580. The fourth-order valence-electron chi connectivity index (χ4n) is 2.24. The number of likely N-dealkylation sites (N-methyl/N-ethyl adjacent to an activating group) is 1. The SMILES string of the molecule is CCN(Cc1nccn1C)C(=O)C(OC)c1ccccc1. The first-order valence-electron chi connectivity index (χ1n) is 7.00. The molecule has 1 heterocycles. The van der Waals surface area contributed by atoms with Crippen LogP contribution in [0.3, 0.4) is 0 Å². The molecule has 1 unspecified atom stereocenters. The van der Waals surface area contributed by atoms with Crippen molar-refractivity contribution in [3.63, 3.8) is 0 Å². The summed E-state index contributed by atoms with van der Waals surface area (Å²) < 4.78 is 7.33. The van der Waals surface area contributed by atoms with Crippen LogP contribution in [0.1, 0.15) is 24.4 Å². The Morgan fingerprint density at radius 3 is 2.62 bits per heavy atom. The van der Waals surface area contributed by atoms with E-state index in [1.807, 2.05) is 55.1 Å². The number of carbonyl (C=O) groups excluding carboxylic acids is 1. The number of hydrogen-bond acceptors (Lipinski definition) is 3. The lowest BCUT2D eigenvalue weighted by Gasteiger charge is -2.25. The number of benzene rings is 1. The number of amides is 1. The molecule has 0 bridgehead atoms. The van der Waals surface area contributed by atoms with E-state index in [1.165, 1.54) is 0 Å². The van der Waals surface area contributed by atoms with Gasteiger partial charge in [-0.1, -0.05) is 30.3 Å². The Morgan fingerprint density at radius 2 is 2.10 bits per heavy atom. The lowest BCUT2D eigenvalue weighted by Crippen LogP contribution is -2.36. The van der Waals surface area contributed by atoms with Crippen LogP contribution < -0.4 is 0 Å². The van der Waals surface area contributed by atoms with Gasteiger partial charge in [-0.2, -0.15) is 0 Å². The van der Waals surface area contributed by atoms with Crippen LogP contribution in [0.2, 0.25) is 0 Å². The summed E-state index contributed by atoms with van der Waals surface area (Å²) in [5.41, 5.74) is 0.864. The number of rotatable bonds is 6. The molecule has 0 spiro atoms. The fraction of sp³-hybridized carbons (Fsp3) is 0.375. The van der Waals surface area contributed by atoms with Crippen molar-refractivity contribution < 1.29 is 9.53 Å². The van der Waals surface area contributed by atoms with Crippen LogP contribution >= 0.6 is 0 Å². The molecule has 0 fully saturated rings. The van der Waals surface area contributed by atoms with Crippen molar-refractivity contribution in [3.8, 4) is 0 Å². The summed E-state index contributed by atoms with van der Waals surface area (Å²) >= 11 is 0. The van der Waals surface area contributed by atoms with Gasteiger partial charge in [0.1, 0.15) is 5.82 Å². The summed E-state index contributed by atoms with van der Waals surface area (Å²) in [7, 11) is 3.48. The van der Waals surface area contributed by atoms with Crippen molar-refractivity contribution in [2.45, 2.75) is 19.6 Å². The molecule has 1 atom stereocenters. The van der Waals surface area contributed by atoms with E-state index in [0.29, 0.717) is 13.1 Å². The Labute approximate surface area is 125 Å². The zero-order valence-corrected chi connectivity index (χ0v) is 12.7. The average Bonchev–Trinajstić information content (AvgIpc) is 2.91. The second-order valence-electron chi connectivity index (χ2n) is 4.83. The van der Waals surface area contributed by atoms with Gasteiger partial charge in [-0.25, -0.2) is 4.98 Å². The van der Waals surface area contributed by atoms with Gasteiger partial charge < -0.3 is 14.2 Å². The molecular formula is C16H21N3O2. The highest BCUT2D eigenvalue weighted by molar-refractivity contribution is 5.82. The minimum atomic E-state index is -0.577. The maximum atomic E-state index is 12.7. The highest BCUT2D eigenvalue weighted by Gasteiger charge is 2.25. The monoisotopic (exact) mass is 287 g/mol. The van der Waals surface area contributed by atoms with Crippen molar-refractivity contribution in [2.75, 3.05) is 13.7 Å². The van der Waals surface area contributed by atoms with E-state index < -0.39 is 6.10 Å². The van der Waals surface area contributed by atoms with Gasteiger partial charge in [0.25, 0.3) is 5.91 Å². The fourth-order valence-corrected chi connectivity index (χ4v) is 2.24. The van der Waals surface area contributed by atoms with E-state index in [-0.39, 0.29) is 5.91 Å². The lowest BCUT2D eigenvalue weighted by atomic mass is 10.1. The van der Waals surface area contributed by atoms with Crippen LogP contribution in [0.15, 0.2) is 42.7 Å². The molecule has 2 aromatic rings. The molecule has 1 aromatic heterocycles. The third-order valence-electron chi connectivity index (χ3n) is 3.51. The summed E-state index contributed by atoms with van der Waals surface area (Å²) in [6.45, 7) is 3.04. The molecule has 0 N–H and O–H groups in total. The topological polar surface area (TPSA) is 47.4 Å². The molecule has 112 valence electrons. The molecular weight excluding hydrogens is 266 g/mol. The van der Waals surface area contributed by atoms with Crippen LogP contribution in [-0.4, -0.2) is 34.0 Å². The summed E-state index contributed by atoms with van der Waals surface area (Å²) in [4.78, 5) is 18.7. The number of carbonyl (C=O) groups is 1. The Kier molecular flexibility index (Phi) is 5.11. The normalized spacial score (nSPS) is 12.1. The first-order valence-corrected chi connectivity index (χ1v) is 7.00. The number of aromatic nitrogens is 2. The highest BCUT2D eigenvalue weighted by Crippen LogP contribution is 2.20. The van der Waals surface area contributed by atoms with Gasteiger partial charge in [0.15, 0.2) is 6.10 Å². The quantitative estimate of drug-likeness (QED) is 0.818. The van der Waals surface area contributed by atoms with Crippen molar-refractivity contribution in [2.24, 2.45) is 7.05 Å². The third-order valence-corrected chi connectivity index (χ3v) is 3.51. The molecule has 21 heavy (non-hydrogen) atoms. The number of ether oxygens (including phenoxy) is 1. The average molecular weight is 287 g/mol. The maximum Gasteiger partial charge on any atom is 0.256 e. The van der Waals surface area contributed by atoms with Crippen LogP contribution in [0.25, 0.3) is 0 Å². The summed E-state index contributed by atoms with van der Waals surface area (Å²) in [5, 5.41) is 0. The van der Waals surface area contributed by atoms with Gasteiger partial charge in [0.2, 0.25) is 0 Å². The molecule has 5 nitrogen and oxygen atoms in total. The molecule has 0 aliphatic carbocycles. The number of aryl methyl sites for hydroxylation is 1. The van der Waals surface area contributed by atoms with Crippen LogP contribution in [0.5, 0.6) is 0 Å². The van der Waals surface area contributed by atoms with Crippen LogP contribution in [0.4, 0.5) is 0 Å². The first-order chi connectivity index (χ1) is 10.2. The summed E-state index contributed by atoms with van der Waals surface area (Å²) in [6, 6.07) is 9.54. The van der Waals surface area contributed by atoms with Gasteiger partial charge in [-0.15, -0.1) is 0 Å². The summed E-state index contributed by atoms with van der Waals surface area (Å²) in [5.74, 6) is 0.808. The third kappa shape index (κ3) is 3.49. The van der Waals surface area contributed by atoms with E-state index >= 15 is 0 Å². The van der Waals surface area contributed by atoms with Crippen molar-refractivity contribution >= 4 is 5.91 Å². The Hall–Kier alpha value is -2.14. The molecule has 0 saturated heterocycles. The van der Waals surface area contributed by atoms with Crippen LogP contribution in [-0.2, 0) is 23.1 Å². The van der Waals surface area contributed by atoms with Gasteiger partial charge in [0, 0.05) is 33.1 Å². The van der Waals surface area contributed by atoms with E-state index in [4.69, 9.17) is 4.74 Å². The first kappa shape index (κ1) is 15.3. The van der Waals surface area contributed by atoms with Crippen molar-refractivity contribution in [1.29, 1.82) is 0 Å². The molecule has 5 heteroatoms. The molecule has 0 radical (unpaired) electrons. The smallest absolute Gasteiger partial charge is 0.256 e. The second kappa shape index (κ2) is 7.04. The molecule has 2 rings (SSSR count). The number of nitrogens with zero attached hydrogens (tertiary/aromatic N) is 3. The number of methoxy groups -OCH3 is 1. The molecule has 0 saturated carbocycles. The standard InChI is InChI=1S/C16H21N3O2/c1-4-19(12-14-17-10-11-18(14)2)16(20)15(21-3)13-8-6-5-7-9-13/h5-11,15H,4,12H2,1-3H3. The van der Waals surface area contributed by atoms with Gasteiger partial charge >= 0.3 is 0 Å². The number of imidazole rings is 1. The molecule has 1 amide bonds. The second-order valence-corrected chi connectivity index (χ2v) is 4.83. The van der Waals surface area contributed by atoms with Gasteiger partial charge in [-0.3, -0.25) is 4.79 Å². The van der Waals surface area contributed by atoms with E-state index in [9.17, 15) is 4.79 Å². The predicted molar refractivity (Wildman–Crippen MR) is 80.5 cm³/mol. The highest BCUT2D eigenvalue weighted by atomic mass is 16.5. The zero-order chi connectivity index (χ0) is 15.2. The van der Waals surface area contributed by atoms with Crippen molar-refractivity contribution in [3.05, 3.63) is 54.1 Å². The Balaban J connectivity index is 2.17. The minimum Gasteiger partial charge on any atom is -0.367 e. The zero-order valence-electron chi connectivity index (χ0n) is 12.7. The van der Waals surface area contributed by atoms with Gasteiger partial charge in [0.05, 0.1) is 6.54 Å². The van der Waals surface area contributed by atoms with Crippen molar-refractivity contribution in [1.82, 2.24) is 14.5 Å². The molecule has 1 aromatic carbocycles. The maximum absolute atomic E-state index is 12.7. The van der Waals surface area contributed by atoms with Gasteiger partial charge in [-0.05, 0) is 12.5 Å². The predicted octanol–water partition coefficient (Wildman–Crippen LogP) is 2.16.